The van der Waals surface area contributed by atoms with E-state index in [1.54, 1.807) is 4.68 Å². The molecule has 0 aliphatic rings. The van der Waals surface area contributed by atoms with Crippen LogP contribution < -0.4 is 5.73 Å². The van der Waals surface area contributed by atoms with Crippen molar-refractivity contribution < 1.29 is 0 Å². The predicted molar refractivity (Wildman–Crippen MR) is 41.6 cm³/mol. The number of nitrogen functional groups attached to an aromatic ring is 1. The lowest BCUT2D eigenvalue weighted by Crippen LogP contribution is -2.02. The van der Waals surface area contributed by atoms with Gasteiger partial charge in [0.25, 0.3) is 0 Å². The summed E-state index contributed by atoms with van der Waals surface area (Å²) in [6, 6.07) is 2.00. The first-order valence-corrected chi connectivity index (χ1v) is 3.51. The van der Waals surface area contributed by atoms with E-state index in [1.165, 1.54) is 6.20 Å². The molecular weight excluding hydrogens is 140 g/mol. The zero-order valence-corrected chi connectivity index (χ0v) is 6.41. The maximum Gasteiger partial charge on any atom is 0.161 e. The van der Waals surface area contributed by atoms with E-state index in [-0.39, 0.29) is 0 Å². The average molecular weight is 150 g/mol. The number of aromatic nitrogens is 2. The molecule has 0 fully saturated rings. The Morgan fingerprint density at radius 1 is 1.82 bits per heavy atom. The van der Waals surface area contributed by atoms with Crippen LogP contribution in [0.4, 0.5) is 5.69 Å². The van der Waals surface area contributed by atoms with Crippen molar-refractivity contribution in [3.8, 4) is 6.07 Å². The Hall–Kier alpha value is -1.50. The van der Waals surface area contributed by atoms with Crippen molar-refractivity contribution in [2.45, 2.75) is 19.9 Å². The van der Waals surface area contributed by atoms with E-state index >= 15 is 0 Å². The van der Waals surface area contributed by atoms with E-state index in [9.17, 15) is 0 Å². The number of anilines is 1. The molecular formula is C7H10N4. The van der Waals surface area contributed by atoms with Gasteiger partial charge in [-0.3, -0.25) is 4.68 Å². The monoisotopic (exact) mass is 150 g/mol. The predicted octanol–water partition coefficient (Wildman–Crippen LogP) is 0.747. The summed E-state index contributed by atoms with van der Waals surface area (Å²) in [6.07, 6.45) is 2.46. The Morgan fingerprint density at radius 2 is 2.55 bits per heavy atom. The fourth-order valence-electron chi connectivity index (χ4n) is 0.903. The van der Waals surface area contributed by atoms with Gasteiger partial charge in [-0.15, -0.1) is 0 Å². The number of rotatable bonds is 2. The minimum absolute atomic E-state index is 0.459. The Balaban J connectivity index is 2.98. The van der Waals surface area contributed by atoms with Crippen LogP contribution in [-0.2, 0) is 6.54 Å². The molecule has 4 heteroatoms. The van der Waals surface area contributed by atoms with E-state index in [0.717, 1.165) is 13.0 Å². The van der Waals surface area contributed by atoms with Crippen LogP contribution in [0.5, 0.6) is 0 Å². The summed E-state index contributed by atoms with van der Waals surface area (Å²) >= 11 is 0. The highest BCUT2D eigenvalue weighted by molar-refractivity contribution is 5.48. The Kier molecular flexibility index (Phi) is 2.12. The quantitative estimate of drug-likeness (QED) is 0.676. The molecule has 58 valence electrons. The summed E-state index contributed by atoms with van der Waals surface area (Å²) < 4.78 is 1.62. The number of nitrogens with zero attached hydrogens (tertiary/aromatic N) is 3. The van der Waals surface area contributed by atoms with Gasteiger partial charge in [-0.2, -0.15) is 10.4 Å². The Morgan fingerprint density at radius 3 is 3.09 bits per heavy atom. The highest BCUT2D eigenvalue weighted by atomic mass is 15.3. The summed E-state index contributed by atoms with van der Waals surface area (Å²) in [5.74, 6) is 0. The van der Waals surface area contributed by atoms with E-state index in [4.69, 9.17) is 11.0 Å². The molecule has 0 radical (unpaired) electrons. The third kappa shape index (κ3) is 1.32. The lowest BCUT2D eigenvalue weighted by atomic mass is 10.4. The fraction of sp³-hybridized carbons (Fsp3) is 0.429. The standard InChI is InChI=1S/C7H10N4/c1-2-3-11-7(4-8)6(9)5-10-11/h5H,2-3,9H2,1H3. The largest absolute Gasteiger partial charge is 0.395 e. The Labute approximate surface area is 65.2 Å². The first-order chi connectivity index (χ1) is 5.29. The summed E-state index contributed by atoms with van der Waals surface area (Å²) in [6.45, 7) is 2.78. The van der Waals surface area contributed by atoms with Crippen molar-refractivity contribution in [2.24, 2.45) is 0 Å². The zero-order chi connectivity index (χ0) is 8.27. The van der Waals surface area contributed by atoms with Crippen molar-refractivity contribution in [1.82, 2.24) is 9.78 Å². The van der Waals surface area contributed by atoms with Gasteiger partial charge in [0.05, 0.1) is 11.9 Å². The molecule has 0 aromatic carbocycles. The first-order valence-electron chi connectivity index (χ1n) is 3.51. The Bertz CT molecular complexity index is 281. The van der Waals surface area contributed by atoms with Gasteiger partial charge in [-0.1, -0.05) is 6.92 Å². The van der Waals surface area contributed by atoms with E-state index < -0.39 is 0 Å². The molecule has 1 rings (SSSR count). The third-order valence-corrected chi connectivity index (χ3v) is 1.41. The van der Waals surface area contributed by atoms with Gasteiger partial charge < -0.3 is 5.73 Å². The van der Waals surface area contributed by atoms with Crippen molar-refractivity contribution in [3.05, 3.63) is 11.9 Å². The van der Waals surface area contributed by atoms with Crippen molar-refractivity contribution >= 4 is 5.69 Å². The summed E-state index contributed by atoms with van der Waals surface area (Å²) in [5.41, 5.74) is 6.40. The lowest BCUT2D eigenvalue weighted by molar-refractivity contribution is 0.596. The second-order valence-corrected chi connectivity index (χ2v) is 2.28. The zero-order valence-electron chi connectivity index (χ0n) is 6.41. The minimum atomic E-state index is 0.459. The number of hydrogen-bond acceptors (Lipinski definition) is 3. The molecule has 11 heavy (non-hydrogen) atoms. The normalized spacial score (nSPS) is 9.45. The molecule has 0 amide bonds. The molecule has 0 saturated carbocycles. The van der Waals surface area contributed by atoms with Crippen LogP contribution in [0, 0.1) is 11.3 Å². The molecule has 0 atom stereocenters. The van der Waals surface area contributed by atoms with Crippen LogP contribution in [0.2, 0.25) is 0 Å². The minimum Gasteiger partial charge on any atom is -0.395 e. The highest BCUT2D eigenvalue weighted by Gasteiger charge is 2.04. The maximum absolute atomic E-state index is 8.62. The van der Waals surface area contributed by atoms with Crippen molar-refractivity contribution in [3.63, 3.8) is 0 Å². The van der Waals surface area contributed by atoms with Gasteiger partial charge in [0.2, 0.25) is 0 Å². The molecule has 0 aliphatic carbocycles. The molecule has 0 aliphatic heterocycles. The average Bonchev–Trinajstić information content (AvgIpc) is 2.33. The van der Waals surface area contributed by atoms with Gasteiger partial charge in [0.1, 0.15) is 6.07 Å². The molecule has 0 unspecified atom stereocenters. The van der Waals surface area contributed by atoms with Crippen LogP contribution in [0.15, 0.2) is 6.20 Å². The molecule has 4 nitrogen and oxygen atoms in total. The smallest absolute Gasteiger partial charge is 0.161 e. The molecule has 2 N–H and O–H groups in total. The molecule has 0 spiro atoms. The first kappa shape index (κ1) is 7.61. The van der Waals surface area contributed by atoms with Crippen LogP contribution >= 0.6 is 0 Å². The highest BCUT2D eigenvalue weighted by Crippen LogP contribution is 2.08. The molecule has 1 aromatic heterocycles. The second-order valence-electron chi connectivity index (χ2n) is 2.28. The maximum atomic E-state index is 8.62. The van der Waals surface area contributed by atoms with Gasteiger partial charge in [-0.05, 0) is 6.42 Å². The molecule has 0 bridgehead atoms. The molecule has 0 saturated heterocycles. The second kappa shape index (κ2) is 3.06. The van der Waals surface area contributed by atoms with Crippen molar-refractivity contribution in [1.29, 1.82) is 5.26 Å². The molecule has 1 aromatic rings. The van der Waals surface area contributed by atoms with Crippen LogP contribution in [0.1, 0.15) is 19.0 Å². The van der Waals surface area contributed by atoms with E-state index in [0.29, 0.717) is 11.4 Å². The van der Waals surface area contributed by atoms with E-state index in [2.05, 4.69) is 5.10 Å². The van der Waals surface area contributed by atoms with Crippen molar-refractivity contribution in [2.75, 3.05) is 5.73 Å². The third-order valence-electron chi connectivity index (χ3n) is 1.41. The van der Waals surface area contributed by atoms with Gasteiger partial charge in [-0.25, -0.2) is 0 Å². The number of hydrogen-bond donors (Lipinski definition) is 1. The van der Waals surface area contributed by atoms with Crippen LogP contribution in [0.25, 0.3) is 0 Å². The van der Waals surface area contributed by atoms with E-state index in [1.807, 2.05) is 13.0 Å². The molecule has 1 heterocycles. The van der Waals surface area contributed by atoms with Gasteiger partial charge in [0.15, 0.2) is 5.69 Å². The van der Waals surface area contributed by atoms with Crippen LogP contribution in [0.3, 0.4) is 0 Å². The summed E-state index contributed by atoms with van der Waals surface area (Å²) in [7, 11) is 0. The topological polar surface area (TPSA) is 67.6 Å². The summed E-state index contributed by atoms with van der Waals surface area (Å²) in [4.78, 5) is 0. The van der Waals surface area contributed by atoms with Gasteiger partial charge in [0, 0.05) is 6.54 Å². The van der Waals surface area contributed by atoms with Crippen LogP contribution in [-0.4, -0.2) is 9.78 Å². The fourth-order valence-corrected chi connectivity index (χ4v) is 0.903. The number of aryl methyl sites for hydroxylation is 1. The lowest BCUT2D eigenvalue weighted by Gasteiger charge is -1.97. The number of nitriles is 1. The summed E-state index contributed by atoms with van der Waals surface area (Å²) in [5, 5.41) is 12.6. The SMILES string of the molecule is CCCn1ncc(N)c1C#N. The van der Waals surface area contributed by atoms with Gasteiger partial charge >= 0.3 is 0 Å². The number of nitrogens with two attached hydrogens (primary N) is 1.